The summed E-state index contributed by atoms with van der Waals surface area (Å²) in [5, 5.41) is 3.39. The van der Waals surface area contributed by atoms with Crippen LogP contribution in [0, 0.1) is 18.8 Å². The molecule has 4 atom stereocenters. The summed E-state index contributed by atoms with van der Waals surface area (Å²) in [7, 11) is 0. The molecule has 104 valence electrons. The van der Waals surface area contributed by atoms with Crippen molar-refractivity contribution in [2.24, 2.45) is 11.8 Å². The molecule has 1 saturated carbocycles. The zero-order valence-corrected chi connectivity index (χ0v) is 12.7. The predicted molar refractivity (Wildman–Crippen MR) is 78.0 cm³/mol. The number of thiophene rings is 1. The van der Waals surface area contributed by atoms with Gasteiger partial charge < -0.3 is 4.90 Å². The smallest absolute Gasteiger partial charge is 0.238 e. The molecule has 1 aromatic heterocycles. The highest BCUT2D eigenvalue weighted by Gasteiger charge is 2.43. The zero-order valence-electron chi connectivity index (χ0n) is 11.8. The van der Waals surface area contributed by atoms with Gasteiger partial charge in [0.05, 0.1) is 6.54 Å². The maximum atomic E-state index is 12.3. The standard InChI is InChI=1S/C15H22N2OS/c1-9-4-6-12(11(9)3)17-14(18)8-16-15(17)13-7-5-10(2)19-13/h5,7,9,11-12,15-16H,4,6,8H2,1-3H3. The first-order valence-corrected chi connectivity index (χ1v) is 8.00. The number of hydrogen-bond acceptors (Lipinski definition) is 3. The molecule has 0 bridgehead atoms. The van der Waals surface area contributed by atoms with Gasteiger partial charge in [-0.05, 0) is 43.7 Å². The highest BCUT2D eigenvalue weighted by Crippen LogP contribution is 2.40. The maximum Gasteiger partial charge on any atom is 0.238 e. The van der Waals surface area contributed by atoms with Crippen molar-refractivity contribution >= 4 is 17.2 Å². The fourth-order valence-electron chi connectivity index (χ4n) is 3.46. The molecule has 1 amide bonds. The quantitative estimate of drug-likeness (QED) is 0.902. The monoisotopic (exact) mass is 278 g/mol. The lowest BCUT2D eigenvalue weighted by Gasteiger charge is -2.33. The zero-order chi connectivity index (χ0) is 13.6. The number of nitrogens with one attached hydrogen (secondary N) is 1. The predicted octanol–water partition coefficient (Wildman–Crippen LogP) is 2.92. The van der Waals surface area contributed by atoms with Crippen LogP contribution in [0.2, 0.25) is 0 Å². The minimum absolute atomic E-state index is 0.101. The van der Waals surface area contributed by atoms with E-state index in [9.17, 15) is 4.79 Å². The second-order valence-corrected chi connectivity index (χ2v) is 7.33. The molecule has 2 aliphatic rings. The minimum atomic E-state index is 0.101. The summed E-state index contributed by atoms with van der Waals surface area (Å²) < 4.78 is 0. The molecule has 0 aromatic carbocycles. The molecule has 2 fully saturated rings. The van der Waals surface area contributed by atoms with E-state index < -0.39 is 0 Å². The highest BCUT2D eigenvalue weighted by molar-refractivity contribution is 7.12. The van der Waals surface area contributed by atoms with Gasteiger partial charge in [0.15, 0.2) is 0 Å². The number of rotatable bonds is 2. The Kier molecular flexibility index (Phi) is 3.39. The Bertz CT molecular complexity index is 484. The summed E-state index contributed by atoms with van der Waals surface area (Å²) in [6.45, 7) is 7.21. The van der Waals surface area contributed by atoms with Crippen LogP contribution in [0.4, 0.5) is 0 Å². The molecular weight excluding hydrogens is 256 g/mol. The molecule has 0 radical (unpaired) electrons. The summed E-state index contributed by atoms with van der Waals surface area (Å²) in [5.74, 6) is 1.60. The van der Waals surface area contributed by atoms with E-state index in [0.717, 1.165) is 12.3 Å². The summed E-state index contributed by atoms with van der Waals surface area (Å²) in [6, 6.07) is 4.71. The van der Waals surface area contributed by atoms with Crippen molar-refractivity contribution in [2.45, 2.75) is 45.8 Å². The fraction of sp³-hybridized carbons (Fsp3) is 0.667. The summed E-state index contributed by atoms with van der Waals surface area (Å²) >= 11 is 1.80. The Morgan fingerprint density at radius 1 is 1.32 bits per heavy atom. The van der Waals surface area contributed by atoms with Gasteiger partial charge in [-0.25, -0.2) is 0 Å². The number of amides is 1. The van der Waals surface area contributed by atoms with Crippen molar-refractivity contribution in [1.82, 2.24) is 10.2 Å². The van der Waals surface area contributed by atoms with E-state index in [4.69, 9.17) is 0 Å². The molecule has 1 saturated heterocycles. The van der Waals surface area contributed by atoms with Gasteiger partial charge in [0.2, 0.25) is 5.91 Å². The Morgan fingerprint density at radius 3 is 2.68 bits per heavy atom. The van der Waals surface area contributed by atoms with Gasteiger partial charge in [-0.15, -0.1) is 11.3 Å². The molecule has 1 aliphatic heterocycles. The Morgan fingerprint density at radius 2 is 2.11 bits per heavy atom. The second kappa shape index (κ2) is 4.91. The molecule has 19 heavy (non-hydrogen) atoms. The van der Waals surface area contributed by atoms with Crippen molar-refractivity contribution in [3.8, 4) is 0 Å². The first-order valence-electron chi connectivity index (χ1n) is 7.19. The summed E-state index contributed by atoms with van der Waals surface area (Å²) in [5.41, 5.74) is 0. The molecule has 1 aliphatic carbocycles. The third-order valence-corrected chi connectivity index (χ3v) is 5.88. The highest BCUT2D eigenvalue weighted by atomic mass is 32.1. The third kappa shape index (κ3) is 2.21. The van der Waals surface area contributed by atoms with Crippen LogP contribution in [0.25, 0.3) is 0 Å². The van der Waals surface area contributed by atoms with E-state index in [1.54, 1.807) is 11.3 Å². The van der Waals surface area contributed by atoms with Crippen LogP contribution >= 0.6 is 11.3 Å². The molecule has 3 rings (SSSR count). The molecule has 4 unspecified atom stereocenters. The first-order chi connectivity index (χ1) is 9.08. The fourth-order valence-corrected chi connectivity index (χ4v) is 4.42. The molecule has 1 N–H and O–H groups in total. The Balaban J connectivity index is 1.87. The normalized spacial score (nSPS) is 35.3. The van der Waals surface area contributed by atoms with E-state index in [2.05, 4.69) is 43.1 Å². The first kappa shape index (κ1) is 13.1. The van der Waals surface area contributed by atoms with Gasteiger partial charge in [0.1, 0.15) is 6.17 Å². The Labute approximate surface area is 119 Å². The molecule has 0 spiro atoms. The van der Waals surface area contributed by atoms with Gasteiger partial charge in [-0.3, -0.25) is 10.1 Å². The number of nitrogens with zero attached hydrogens (tertiary/aromatic N) is 1. The van der Waals surface area contributed by atoms with Crippen LogP contribution in [0.15, 0.2) is 12.1 Å². The van der Waals surface area contributed by atoms with E-state index in [-0.39, 0.29) is 12.1 Å². The minimum Gasteiger partial charge on any atom is -0.318 e. The lowest BCUT2D eigenvalue weighted by Crippen LogP contribution is -2.41. The Hall–Kier alpha value is -0.870. The lowest BCUT2D eigenvalue weighted by molar-refractivity contribution is -0.131. The van der Waals surface area contributed by atoms with Crippen LogP contribution < -0.4 is 5.32 Å². The van der Waals surface area contributed by atoms with Crippen molar-refractivity contribution in [1.29, 1.82) is 0 Å². The van der Waals surface area contributed by atoms with E-state index in [1.165, 1.54) is 16.2 Å². The van der Waals surface area contributed by atoms with Crippen molar-refractivity contribution in [2.75, 3.05) is 6.54 Å². The average molecular weight is 278 g/mol. The van der Waals surface area contributed by atoms with Crippen LogP contribution in [-0.4, -0.2) is 23.4 Å². The van der Waals surface area contributed by atoms with Crippen LogP contribution in [0.1, 0.15) is 42.6 Å². The van der Waals surface area contributed by atoms with Crippen LogP contribution in [0.5, 0.6) is 0 Å². The lowest BCUT2D eigenvalue weighted by atomic mass is 9.96. The van der Waals surface area contributed by atoms with E-state index in [1.807, 2.05) is 0 Å². The number of hydrogen-bond donors (Lipinski definition) is 1. The third-order valence-electron chi connectivity index (χ3n) is 4.82. The van der Waals surface area contributed by atoms with Crippen LogP contribution in [-0.2, 0) is 4.79 Å². The van der Waals surface area contributed by atoms with Crippen LogP contribution in [0.3, 0.4) is 0 Å². The van der Waals surface area contributed by atoms with Gasteiger partial charge in [0.25, 0.3) is 0 Å². The topological polar surface area (TPSA) is 32.3 Å². The van der Waals surface area contributed by atoms with Gasteiger partial charge in [0, 0.05) is 15.8 Å². The summed E-state index contributed by atoms with van der Waals surface area (Å²) in [4.78, 5) is 17.0. The summed E-state index contributed by atoms with van der Waals surface area (Å²) in [6.07, 6.45) is 2.49. The van der Waals surface area contributed by atoms with Gasteiger partial charge >= 0.3 is 0 Å². The molecule has 2 heterocycles. The maximum absolute atomic E-state index is 12.3. The van der Waals surface area contributed by atoms with Crippen molar-refractivity contribution in [3.05, 3.63) is 21.9 Å². The number of aryl methyl sites for hydroxylation is 1. The average Bonchev–Trinajstić information content (AvgIpc) is 3.03. The van der Waals surface area contributed by atoms with Gasteiger partial charge in [-0.1, -0.05) is 13.8 Å². The van der Waals surface area contributed by atoms with Gasteiger partial charge in [-0.2, -0.15) is 0 Å². The molecule has 4 heteroatoms. The number of carbonyl (C=O) groups is 1. The molecule has 3 nitrogen and oxygen atoms in total. The van der Waals surface area contributed by atoms with E-state index >= 15 is 0 Å². The SMILES string of the molecule is Cc1ccc(C2NCC(=O)N2C2CCC(C)C2C)s1. The largest absolute Gasteiger partial charge is 0.318 e. The number of carbonyl (C=O) groups excluding carboxylic acids is 1. The van der Waals surface area contributed by atoms with Crippen molar-refractivity contribution in [3.63, 3.8) is 0 Å². The molecule has 1 aromatic rings. The second-order valence-electron chi connectivity index (χ2n) is 6.01. The molecular formula is C15H22N2OS. The van der Waals surface area contributed by atoms with Crippen molar-refractivity contribution < 1.29 is 4.79 Å². The van der Waals surface area contributed by atoms with E-state index in [0.29, 0.717) is 18.5 Å².